The fourth-order valence-corrected chi connectivity index (χ4v) is 2.95. The third-order valence-corrected chi connectivity index (χ3v) is 4.35. The van der Waals surface area contributed by atoms with Crippen molar-refractivity contribution >= 4 is 0 Å². The first-order chi connectivity index (χ1) is 8.26. The van der Waals surface area contributed by atoms with Crippen LogP contribution in [0.4, 0.5) is 0 Å². The number of rotatable bonds is 7. The zero-order chi connectivity index (χ0) is 12.5. The molecule has 0 saturated carbocycles. The highest BCUT2D eigenvalue weighted by Gasteiger charge is 2.15. The van der Waals surface area contributed by atoms with E-state index in [0.29, 0.717) is 0 Å². The lowest BCUT2D eigenvalue weighted by molar-refractivity contribution is 0.266. The smallest absolute Gasteiger partial charge is 0.00161 e. The third-order valence-electron chi connectivity index (χ3n) is 4.35. The molecule has 2 atom stereocenters. The Morgan fingerprint density at radius 1 is 1.24 bits per heavy atom. The van der Waals surface area contributed by atoms with Gasteiger partial charge in [-0.1, -0.05) is 20.3 Å². The van der Waals surface area contributed by atoms with E-state index in [9.17, 15) is 0 Å². The van der Waals surface area contributed by atoms with Crippen molar-refractivity contribution in [1.82, 2.24) is 4.90 Å². The zero-order valence-corrected chi connectivity index (χ0v) is 12.0. The van der Waals surface area contributed by atoms with Crippen LogP contribution in [0.3, 0.4) is 0 Å². The van der Waals surface area contributed by atoms with Gasteiger partial charge in [0.05, 0.1) is 0 Å². The molecule has 2 unspecified atom stereocenters. The lowest BCUT2D eigenvalue weighted by atomic mass is 9.98. The molecule has 0 aliphatic carbocycles. The molecule has 0 bridgehead atoms. The quantitative estimate of drug-likeness (QED) is 0.740. The van der Waals surface area contributed by atoms with E-state index in [1.807, 2.05) is 0 Å². The summed E-state index contributed by atoms with van der Waals surface area (Å²) < 4.78 is 0. The third kappa shape index (κ3) is 6.42. The summed E-state index contributed by atoms with van der Waals surface area (Å²) in [6, 6.07) is 0. The maximum Gasteiger partial charge on any atom is -0.00161 e. The SMILES string of the molecule is CCC1CCCN(CCCC(C)CCN)CC1. The Morgan fingerprint density at radius 3 is 2.76 bits per heavy atom. The second-order valence-electron chi connectivity index (χ2n) is 5.87. The fourth-order valence-electron chi connectivity index (χ4n) is 2.95. The average Bonchev–Trinajstić information content (AvgIpc) is 2.55. The first-order valence-corrected chi connectivity index (χ1v) is 7.68. The van der Waals surface area contributed by atoms with Gasteiger partial charge in [0.15, 0.2) is 0 Å². The molecule has 17 heavy (non-hydrogen) atoms. The topological polar surface area (TPSA) is 29.3 Å². The molecule has 0 amide bonds. The highest BCUT2D eigenvalue weighted by Crippen LogP contribution is 2.20. The van der Waals surface area contributed by atoms with E-state index in [-0.39, 0.29) is 0 Å². The maximum absolute atomic E-state index is 5.58. The molecule has 0 aromatic heterocycles. The van der Waals surface area contributed by atoms with Crippen LogP contribution in [0.25, 0.3) is 0 Å². The lowest BCUT2D eigenvalue weighted by Gasteiger charge is -2.21. The van der Waals surface area contributed by atoms with Crippen LogP contribution in [0, 0.1) is 11.8 Å². The van der Waals surface area contributed by atoms with Crippen molar-refractivity contribution in [2.75, 3.05) is 26.2 Å². The van der Waals surface area contributed by atoms with Gasteiger partial charge >= 0.3 is 0 Å². The monoisotopic (exact) mass is 240 g/mol. The predicted octanol–water partition coefficient (Wildman–Crippen LogP) is 3.26. The normalized spacial score (nSPS) is 24.5. The Hall–Kier alpha value is -0.0800. The van der Waals surface area contributed by atoms with E-state index in [0.717, 1.165) is 18.4 Å². The average molecular weight is 240 g/mol. The second-order valence-corrected chi connectivity index (χ2v) is 5.87. The highest BCUT2D eigenvalue weighted by atomic mass is 15.1. The Labute approximate surface area is 108 Å². The molecule has 0 aromatic rings. The number of nitrogens with zero attached hydrogens (tertiary/aromatic N) is 1. The molecule has 2 nitrogen and oxygen atoms in total. The van der Waals surface area contributed by atoms with Gasteiger partial charge < -0.3 is 10.6 Å². The van der Waals surface area contributed by atoms with Gasteiger partial charge in [-0.05, 0) is 76.5 Å². The number of nitrogens with two attached hydrogens (primary N) is 1. The Bertz CT molecular complexity index is 182. The summed E-state index contributed by atoms with van der Waals surface area (Å²) in [6.45, 7) is 9.51. The molecular formula is C15H32N2. The zero-order valence-electron chi connectivity index (χ0n) is 12.0. The van der Waals surface area contributed by atoms with Crippen LogP contribution in [0.15, 0.2) is 0 Å². The van der Waals surface area contributed by atoms with Crippen LogP contribution >= 0.6 is 0 Å². The molecule has 1 saturated heterocycles. The number of likely N-dealkylation sites (tertiary alicyclic amines) is 1. The standard InChI is InChI=1S/C15H32N2/c1-3-15-7-5-12-17(13-9-15)11-4-6-14(2)8-10-16/h14-15H,3-13,16H2,1-2H3. The summed E-state index contributed by atoms with van der Waals surface area (Å²) in [7, 11) is 0. The van der Waals surface area contributed by atoms with Gasteiger partial charge in [-0.3, -0.25) is 0 Å². The van der Waals surface area contributed by atoms with Crippen LogP contribution < -0.4 is 5.73 Å². The number of hydrogen-bond acceptors (Lipinski definition) is 2. The van der Waals surface area contributed by atoms with E-state index < -0.39 is 0 Å². The molecular weight excluding hydrogens is 208 g/mol. The van der Waals surface area contributed by atoms with Gasteiger partial charge in [-0.2, -0.15) is 0 Å². The van der Waals surface area contributed by atoms with Crippen LogP contribution in [0.2, 0.25) is 0 Å². The highest BCUT2D eigenvalue weighted by molar-refractivity contribution is 4.69. The first kappa shape index (κ1) is 15.0. The van der Waals surface area contributed by atoms with Crippen molar-refractivity contribution in [3.8, 4) is 0 Å². The molecule has 0 aromatic carbocycles. The first-order valence-electron chi connectivity index (χ1n) is 7.68. The fraction of sp³-hybridized carbons (Fsp3) is 1.00. The van der Waals surface area contributed by atoms with Crippen molar-refractivity contribution in [1.29, 1.82) is 0 Å². The van der Waals surface area contributed by atoms with Crippen LogP contribution in [-0.2, 0) is 0 Å². The summed E-state index contributed by atoms with van der Waals surface area (Å²) in [6.07, 6.45) is 9.57. The number of hydrogen-bond donors (Lipinski definition) is 1. The Morgan fingerprint density at radius 2 is 2.06 bits per heavy atom. The van der Waals surface area contributed by atoms with E-state index in [2.05, 4.69) is 18.7 Å². The molecule has 2 heteroatoms. The minimum atomic E-state index is 0.815. The molecule has 1 heterocycles. The molecule has 1 rings (SSSR count). The molecule has 0 radical (unpaired) electrons. The Balaban J connectivity index is 2.10. The summed E-state index contributed by atoms with van der Waals surface area (Å²) in [5.74, 6) is 1.81. The largest absolute Gasteiger partial charge is 0.330 e. The predicted molar refractivity (Wildman–Crippen MR) is 76.1 cm³/mol. The second kappa shape index (κ2) is 8.93. The van der Waals surface area contributed by atoms with Crippen molar-refractivity contribution in [2.45, 2.75) is 58.8 Å². The minimum Gasteiger partial charge on any atom is -0.330 e. The van der Waals surface area contributed by atoms with Gasteiger partial charge in [0.1, 0.15) is 0 Å². The van der Waals surface area contributed by atoms with Gasteiger partial charge in [0.2, 0.25) is 0 Å². The van der Waals surface area contributed by atoms with E-state index in [4.69, 9.17) is 5.73 Å². The van der Waals surface area contributed by atoms with Crippen molar-refractivity contribution < 1.29 is 0 Å². The molecule has 102 valence electrons. The molecule has 0 spiro atoms. The lowest BCUT2D eigenvalue weighted by Crippen LogP contribution is -2.26. The minimum absolute atomic E-state index is 0.815. The van der Waals surface area contributed by atoms with E-state index >= 15 is 0 Å². The van der Waals surface area contributed by atoms with E-state index in [1.165, 1.54) is 64.6 Å². The van der Waals surface area contributed by atoms with Crippen LogP contribution in [-0.4, -0.2) is 31.1 Å². The van der Waals surface area contributed by atoms with Gasteiger partial charge in [-0.15, -0.1) is 0 Å². The van der Waals surface area contributed by atoms with E-state index in [1.54, 1.807) is 0 Å². The van der Waals surface area contributed by atoms with Crippen molar-refractivity contribution in [2.24, 2.45) is 17.6 Å². The molecule has 2 N–H and O–H groups in total. The van der Waals surface area contributed by atoms with Crippen molar-refractivity contribution in [3.05, 3.63) is 0 Å². The summed E-state index contributed by atoms with van der Waals surface area (Å²) >= 11 is 0. The van der Waals surface area contributed by atoms with Gasteiger partial charge in [0.25, 0.3) is 0 Å². The molecule has 1 aliphatic rings. The summed E-state index contributed by atoms with van der Waals surface area (Å²) in [5.41, 5.74) is 5.58. The van der Waals surface area contributed by atoms with Crippen LogP contribution in [0.5, 0.6) is 0 Å². The van der Waals surface area contributed by atoms with Crippen LogP contribution in [0.1, 0.15) is 58.8 Å². The summed E-state index contributed by atoms with van der Waals surface area (Å²) in [5, 5.41) is 0. The summed E-state index contributed by atoms with van der Waals surface area (Å²) in [4.78, 5) is 2.69. The molecule has 1 fully saturated rings. The maximum atomic E-state index is 5.58. The van der Waals surface area contributed by atoms with Gasteiger partial charge in [0, 0.05) is 0 Å². The van der Waals surface area contributed by atoms with Gasteiger partial charge in [-0.25, -0.2) is 0 Å². The molecule has 1 aliphatic heterocycles. The Kier molecular flexibility index (Phi) is 7.87. The van der Waals surface area contributed by atoms with Crippen molar-refractivity contribution in [3.63, 3.8) is 0 Å².